The number of rotatable bonds is 2. The van der Waals surface area contributed by atoms with E-state index in [0.29, 0.717) is 5.92 Å². The minimum atomic E-state index is -0.0446. The Hall–Kier alpha value is -0.0800. The van der Waals surface area contributed by atoms with Gasteiger partial charge in [-0.2, -0.15) is 0 Å². The SMILES string of the molecule is CCC(O)C1CC2CCC(C1)N2C. The first kappa shape index (κ1) is 9.47. The van der Waals surface area contributed by atoms with E-state index in [4.69, 9.17) is 0 Å². The molecular weight excluding hydrogens is 162 g/mol. The lowest BCUT2D eigenvalue weighted by Gasteiger charge is -2.38. The molecule has 0 saturated carbocycles. The molecule has 0 aromatic carbocycles. The van der Waals surface area contributed by atoms with Gasteiger partial charge in [0.25, 0.3) is 0 Å². The van der Waals surface area contributed by atoms with E-state index in [2.05, 4.69) is 18.9 Å². The molecular formula is C11H21NO. The van der Waals surface area contributed by atoms with Gasteiger partial charge in [0.2, 0.25) is 0 Å². The highest BCUT2D eigenvalue weighted by molar-refractivity contribution is 4.94. The van der Waals surface area contributed by atoms with Gasteiger partial charge in [-0.3, -0.25) is 0 Å². The third-order valence-corrected chi connectivity index (χ3v) is 4.10. The summed E-state index contributed by atoms with van der Waals surface area (Å²) in [6.45, 7) is 2.09. The molecule has 1 N–H and O–H groups in total. The molecule has 2 fully saturated rings. The molecule has 0 amide bonds. The molecule has 0 aromatic rings. The van der Waals surface area contributed by atoms with Crippen molar-refractivity contribution in [2.75, 3.05) is 7.05 Å². The van der Waals surface area contributed by atoms with Gasteiger partial charge in [0, 0.05) is 12.1 Å². The van der Waals surface area contributed by atoms with Crippen LogP contribution in [0.2, 0.25) is 0 Å². The molecule has 2 saturated heterocycles. The summed E-state index contributed by atoms with van der Waals surface area (Å²) in [5.41, 5.74) is 0. The first-order chi connectivity index (χ1) is 6.22. The smallest absolute Gasteiger partial charge is 0.0566 e. The number of nitrogens with zero attached hydrogens (tertiary/aromatic N) is 1. The maximum atomic E-state index is 9.81. The summed E-state index contributed by atoms with van der Waals surface area (Å²) >= 11 is 0. The molecule has 2 bridgehead atoms. The molecule has 2 heterocycles. The molecule has 0 spiro atoms. The van der Waals surface area contributed by atoms with Crippen LogP contribution in [0.3, 0.4) is 0 Å². The summed E-state index contributed by atoms with van der Waals surface area (Å²) in [5.74, 6) is 0.582. The van der Waals surface area contributed by atoms with Crippen LogP contribution in [0.1, 0.15) is 39.0 Å². The van der Waals surface area contributed by atoms with Crippen molar-refractivity contribution in [3.63, 3.8) is 0 Å². The van der Waals surface area contributed by atoms with E-state index in [1.165, 1.54) is 25.7 Å². The second-order valence-corrected chi connectivity index (χ2v) is 4.76. The van der Waals surface area contributed by atoms with E-state index in [1.807, 2.05) is 0 Å². The van der Waals surface area contributed by atoms with Crippen LogP contribution in [0.5, 0.6) is 0 Å². The quantitative estimate of drug-likeness (QED) is 0.703. The molecule has 2 aliphatic heterocycles. The molecule has 3 unspecified atom stereocenters. The van der Waals surface area contributed by atoms with E-state index in [9.17, 15) is 5.11 Å². The van der Waals surface area contributed by atoms with Crippen LogP contribution in [0.4, 0.5) is 0 Å². The Morgan fingerprint density at radius 1 is 1.31 bits per heavy atom. The molecule has 2 rings (SSSR count). The summed E-state index contributed by atoms with van der Waals surface area (Å²) in [6, 6.07) is 1.54. The molecule has 0 aliphatic carbocycles. The van der Waals surface area contributed by atoms with Gasteiger partial charge in [-0.15, -0.1) is 0 Å². The van der Waals surface area contributed by atoms with Gasteiger partial charge in [-0.1, -0.05) is 6.92 Å². The molecule has 3 atom stereocenters. The normalized spacial score (nSPS) is 42.2. The van der Waals surface area contributed by atoms with Crippen molar-refractivity contribution >= 4 is 0 Å². The van der Waals surface area contributed by atoms with Gasteiger partial charge in [0.15, 0.2) is 0 Å². The average Bonchev–Trinajstić information content (AvgIpc) is 2.42. The lowest BCUT2D eigenvalue weighted by molar-refractivity contribution is 0.0345. The number of aliphatic hydroxyl groups is 1. The molecule has 2 nitrogen and oxygen atoms in total. The van der Waals surface area contributed by atoms with Crippen molar-refractivity contribution in [2.45, 2.75) is 57.2 Å². The zero-order valence-electron chi connectivity index (χ0n) is 8.74. The highest BCUT2D eigenvalue weighted by atomic mass is 16.3. The Balaban J connectivity index is 1.98. The lowest BCUT2D eigenvalue weighted by atomic mass is 9.86. The number of aliphatic hydroxyl groups excluding tert-OH is 1. The van der Waals surface area contributed by atoms with Crippen LogP contribution in [-0.4, -0.2) is 35.2 Å². The number of hydrogen-bond acceptors (Lipinski definition) is 2. The lowest BCUT2D eigenvalue weighted by Crippen LogP contribution is -2.43. The second-order valence-electron chi connectivity index (χ2n) is 4.76. The van der Waals surface area contributed by atoms with Crippen LogP contribution in [0.25, 0.3) is 0 Å². The van der Waals surface area contributed by atoms with Crippen LogP contribution < -0.4 is 0 Å². The standard InChI is InChI=1S/C11H21NO/c1-3-11(13)8-6-9-4-5-10(7-8)12(9)2/h8-11,13H,3-7H2,1-2H3. The van der Waals surface area contributed by atoms with Crippen molar-refractivity contribution < 1.29 is 5.11 Å². The van der Waals surface area contributed by atoms with E-state index in [1.54, 1.807) is 0 Å². The van der Waals surface area contributed by atoms with Crippen molar-refractivity contribution in [3.8, 4) is 0 Å². The third-order valence-electron chi connectivity index (χ3n) is 4.10. The number of hydrogen-bond donors (Lipinski definition) is 1. The van der Waals surface area contributed by atoms with Gasteiger partial charge in [0.1, 0.15) is 0 Å². The van der Waals surface area contributed by atoms with E-state index >= 15 is 0 Å². The Morgan fingerprint density at radius 2 is 1.85 bits per heavy atom. The van der Waals surface area contributed by atoms with Crippen LogP contribution >= 0.6 is 0 Å². The van der Waals surface area contributed by atoms with Gasteiger partial charge in [0.05, 0.1) is 6.10 Å². The van der Waals surface area contributed by atoms with Crippen LogP contribution in [-0.2, 0) is 0 Å². The molecule has 2 aliphatic rings. The summed E-state index contributed by atoms with van der Waals surface area (Å²) < 4.78 is 0. The van der Waals surface area contributed by atoms with Gasteiger partial charge >= 0.3 is 0 Å². The van der Waals surface area contributed by atoms with Gasteiger partial charge in [-0.25, -0.2) is 0 Å². The fourth-order valence-electron chi connectivity index (χ4n) is 3.10. The fourth-order valence-corrected chi connectivity index (χ4v) is 3.10. The van der Waals surface area contributed by atoms with Crippen LogP contribution in [0.15, 0.2) is 0 Å². The Morgan fingerprint density at radius 3 is 2.31 bits per heavy atom. The third kappa shape index (κ3) is 1.62. The number of piperidine rings is 1. The van der Waals surface area contributed by atoms with E-state index in [0.717, 1.165) is 18.5 Å². The second kappa shape index (κ2) is 3.58. The molecule has 2 heteroatoms. The van der Waals surface area contributed by atoms with Gasteiger partial charge in [-0.05, 0) is 45.1 Å². The summed E-state index contributed by atoms with van der Waals surface area (Å²) in [4.78, 5) is 2.53. The van der Waals surface area contributed by atoms with Crippen LogP contribution in [0, 0.1) is 5.92 Å². The van der Waals surface area contributed by atoms with Gasteiger partial charge < -0.3 is 10.0 Å². The average molecular weight is 183 g/mol. The fraction of sp³-hybridized carbons (Fsp3) is 1.00. The highest BCUT2D eigenvalue weighted by Crippen LogP contribution is 2.39. The van der Waals surface area contributed by atoms with E-state index in [-0.39, 0.29) is 6.10 Å². The topological polar surface area (TPSA) is 23.5 Å². The van der Waals surface area contributed by atoms with Crippen molar-refractivity contribution in [1.29, 1.82) is 0 Å². The van der Waals surface area contributed by atoms with Crippen molar-refractivity contribution in [2.24, 2.45) is 5.92 Å². The Labute approximate surface area is 80.9 Å². The minimum absolute atomic E-state index is 0.0446. The molecule has 13 heavy (non-hydrogen) atoms. The van der Waals surface area contributed by atoms with Crippen molar-refractivity contribution in [3.05, 3.63) is 0 Å². The zero-order chi connectivity index (χ0) is 9.42. The minimum Gasteiger partial charge on any atom is -0.393 e. The highest BCUT2D eigenvalue weighted by Gasteiger charge is 2.40. The molecule has 0 radical (unpaired) electrons. The predicted octanol–water partition coefficient (Wildman–Crippen LogP) is 1.63. The van der Waals surface area contributed by atoms with E-state index < -0.39 is 0 Å². The zero-order valence-corrected chi connectivity index (χ0v) is 8.74. The molecule has 0 aromatic heterocycles. The summed E-state index contributed by atoms with van der Waals surface area (Å²) in [7, 11) is 2.25. The predicted molar refractivity (Wildman–Crippen MR) is 53.6 cm³/mol. The first-order valence-corrected chi connectivity index (χ1v) is 5.62. The summed E-state index contributed by atoms with van der Waals surface area (Å²) in [5, 5.41) is 9.81. The molecule has 76 valence electrons. The maximum absolute atomic E-state index is 9.81. The largest absolute Gasteiger partial charge is 0.393 e. The summed E-state index contributed by atoms with van der Waals surface area (Å²) in [6.07, 6.45) is 6.04. The van der Waals surface area contributed by atoms with Crippen molar-refractivity contribution in [1.82, 2.24) is 4.90 Å². The number of fused-ring (bicyclic) bond motifs is 2. The maximum Gasteiger partial charge on any atom is 0.0566 e. The Kier molecular flexibility index (Phi) is 2.61. The first-order valence-electron chi connectivity index (χ1n) is 5.62. The Bertz CT molecular complexity index is 169. The monoisotopic (exact) mass is 183 g/mol.